The van der Waals surface area contributed by atoms with E-state index in [9.17, 15) is 18.3 Å². The molecule has 1 aromatic heterocycles. The zero-order chi connectivity index (χ0) is 22.7. The fourth-order valence-corrected chi connectivity index (χ4v) is 6.47. The van der Waals surface area contributed by atoms with Gasteiger partial charge in [-0.3, -0.25) is 4.79 Å². The molecule has 2 aliphatic rings. The molecule has 0 radical (unpaired) electrons. The van der Waals surface area contributed by atoms with Crippen LogP contribution in [0.25, 0.3) is 0 Å². The molecule has 2 aromatic rings. The van der Waals surface area contributed by atoms with Crippen molar-refractivity contribution in [2.24, 2.45) is 5.92 Å². The number of nitrogens with one attached hydrogen (secondary N) is 1. The van der Waals surface area contributed by atoms with Gasteiger partial charge in [-0.15, -0.1) is 0 Å². The van der Waals surface area contributed by atoms with Crippen molar-refractivity contribution < 1.29 is 23.1 Å². The fraction of sp³-hybridized carbons (Fsp3) is 0.524. The van der Waals surface area contributed by atoms with Gasteiger partial charge in [-0.25, -0.2) is 13.4 Å². The van der Waals surface area contributed by atoms with Crippen molar-refractivity contribution in [2.45, 2.75) is 42.6 Å². The smallest absolute Gasteiger partial charge is 0.243 e. The van der Waals surface area contributed by atoms with Crippen molar-refractivity contribution in [1.82, 2.24) is 9.29 Å². The highest BCUT2D eigenvalue weighted by molar-refractivity contribution is 7.89. The van der Waals surface area contributed by atoms with Gasteiger partial charge >= 0.3 is 0 Å². The number of ether oxygens (including phenoxy) is 1. The Hall–Kier alpha value is -1.56. The van der Waals surface area contributed by atoms with E-state index in [0.29, 0.717) is 48.0 Å². The number of anilines is 1. The van der Waals surface area contributed by atoms with Gasteiger partial charge in [-0.2, -0.15) is 4.31 Å². The van der Waals surface area contributed by atoms with Crippen molar-refractivity contribution in [3.8, 4) is 0 Å². The molecule has 0 spiro atoms. The van der Waals surface area contributed by atoms with Crippen molar-refractivity contribution in [1.29, 1.82) is 0 Å². The van der Waals surface area contributed by atoms with Crippen LogP contribution in [-0.2, 0) is 19.6 Å². The zero-order valence-corrected chi connectivity index (χ0v) is 19.8. The lowest BCUT2D eigenvalue weighted by Gasteiger charge is -2.26. The minimum Gasteiger partial charge on any atom is -0.392 e. The number of carbonyl (C=O) groups is 1. The molecule has 2 N–H and O–H groups in total. The Morgan fingerprint density at radius 1 is 1.28 bits per heavy atom. The maximum absolute atomic E-state index is 13.2. The van der Waals surface area contributed by atoms with Crippen molar-refractivity contribution in [2.75, 3.05) is 31.6 Å². The van der Waals surface area contributed by atoms with E-state index in [4.69, 9.17) is 16.3 Å². The van der Waals surface area contributed by atoms with Gasteiger partial charge in [0.1, 0.15) is 4.34 Å². The summed E-state index contributed by atoms with van der Waals surface area (Å²) in [4.78, 5) is 17.4. The van der Waals surface area contributed by atoms with Crippen LogP contribution in [0.5, 0.6) is 0 Å². The van der Waals surface area contributed by atoms with Crippen LogP contribution in [0.4, 0.5) is 5.13 Å². The summed E-state index contributed by atoms with van der Waals surface area (Å²) in [5.41, 5.74) is 0.747. The third kappa shape index (κ3) is 5.49. The van der Waals surface area contributed by atoms with Gasteiger partial charge in [0, 0.05) is 26.3 Å². The SMILES string of the molecule is O=C(Nc1ncc(Cl)s1)C(CC1CCOCC1)c1ccc(S(=O)(=O)N2CC[C@H](O)C2)cc1. The quantitative estimate of drug-likeness (QED) is 0.606. The molecule has 1 unspecified atom stereocenters. The number of aliphatic hydroxyl groups excluding tert-OH is 1. The highest BCUT2D eigenvalue weighted by Crippen LogP contribution is 2.32. The van der Waals surface area contributed by atoms with Gasteiger partial charge < -0.3 is 15.2 Å². The average Bonchev–Trinajstić information content (AvgIpc) is 3.41. The highest BCUT2D eigenvalue weighted by Gasteiger charge is 2.32. The molecule has 0 saturated carbocycles. The molecule has 11 heteroatoms. The van der Waals surface area contributed by atoms with Crippen LogP contribution >= 0.6 is 22.9 Å². The first-order chi connectivity index (χ1) is 15.3. The Bertz CT molecular complexity index is 1040. The zero-order valence-electron chi connectivity index (χ0n) is 17.4. The summed E-state index contributed by atoms with van der Waals surface area (Å²) in [6.07, 6.45) is 3.71. The largest absolute Gasteiger partial charge is 0.392 e. The number of hydrogen-bond acceptors (Lipinski definition) is 7. The van der Waals surface area contributed by atoms with E-state index < -0.39 is 22.0 Å². The van der Waals surface area contributed by atoms with Gasteiger partial charge in [0.2, 0.25) is 15.9 Å². The second-order valence-electron chi connectivity index (χ2n) is 8.18. The minimum absolute atomic E-state index is 0.106. The Balaban J connectivity index is 1.55. The monoisotopic (exact) mass is 499 g/mol. The molecule has 2 atom stereocenters. The molecule has 1 aromatic carbocycles. The van der Waals surface area contributed by atoms with Gasteiger partial charge in [-0.1, -0.05) is 35.1 Å². The van der Waals surface area contributed by atoms with E-state index in [2.05, 4.69) is 10.3 Å². The van der Waals surface area contributed by atoms with Crippen molar-refractivity contribution in [3.05, 3.63) is 40.4 Å². The van der Waals surface area contributed by atoms with Crippen molar-refractivity contribution >= 4 is 44.0 Å². The number of halogens is 1. The number of β-amino-alcohol motifs (C(OH)–C–C–N with tert-alkyl or cyclic N) is 1. The number of hydrogen-bond donors (Lipinski definition) is 2. The van der Waals surface area contributed by atoms with E-state index >= 15 is 0 Å². The molecule has 0 bridgehead atoms. The van der Waals surface area contributed by atoms with Crippen molar-refractivity contribution in [3.63, 3.8) is 0 Å². The molecule has 2 saturated heterocycles. The number of rotatable bonds is 7. The second kappa shape index (κ2) is 10.1. The molecule has 8 nitrogen and oxygen atoms in total. The molecule has 2 aliphatic heterocycles. The van der Waals surface area contributed by atoms with E-state index in [-0.39, 0.29) is 17.3 Å². The molecule has 3 heterocycles. The first kappa shape index (κ1) is 23.6. The third-order valence-corrected chi connectivity index (χ3v) is 8.89. The van der Waals surface area contributed by atoms with E-state index in [1.807, 2.05) is 0 Å². The van der Waals surface area contributed by atoms with Gasteiger partial charge in [0.05, 0.1) is 23.1 Å². The molecule has 2 fully saturated rings. The maximum Gasteiger partial charge on any atom is 0.243 e. The maximum atomic E-state index is 13.2. The standard InChI is InChI=1S/C21H26ClN3O5S2/c22-19-12-23-21(31-19)24-20(27)18(11-14-6-9-30-10-7-14)15-1-3-17(4-2-15)32(28,29)25-8-5-16(26)13-25/h1-4,12,14,16,18,26H,5-11,13H2,(H,23,24,27)/t16-,18?/m0/s1. The van der Waals surface area contributed by atoms with E-state index in [1.54, 1.807) is 24.3 Å². The van der Waals surface area contributed by atoms with Crippen LogP contribution < -0.4 is 5.32 Å². The van der Waals surface area contributed by atoms with Gasteiger partial charge in [-0.05, 0) is 49.3 Å². The average molecular weight is 500 g/mol. The summed E-state index contributed by atoms with van der Waals surface area (Å²) in [5.74, 6) is -0.305. The lowest BCUT2D eigenvalue weighted by Crippen LogP contribution is -2.30. The molecule has 0 aliphatic carbocycles. The number of aliphatic hydroxyl groups is 1. The second-order valence-corrected chi connectivity index (χ2v) is 11.8. The summed E-state index contributed by atoms with van der Waals surface area (Å²) in [6, 6.07) is 6.50. The predicted molar refractivity (Wildman–Crippen MR) is 122 cm³/mol. The van der Waals surface area contributed by atoms with Crippen LogP contribution in [-0.4, -0.2) is 61.1 Å². The minimum atomic E-state index is -3.67. The summed E-state index contributed by atoms with van der Waals surface area (Å²) in [7, 11) is -3.67. The van der Waals surface area contributed by atoms with Crippen LogP contribution in [0, 0.1) is 5.92 Å². The molecule has 174 valence electrons. The third-order valence-electron chi connectivity index (χ3n) is 5.98. The van der Waals surface area contributed by atoms with Gasteiger partial charge in [0.15, 0.2) is 5.13 Å². The predicted octanol–water partition coefficient (Wildman–Crippen LogP) is 3.09. The number of sulfonamides is 1. The number of amides is 1. The topological polar surface area (TPSA) is 109 Å². The first-order valence-electron chi connectivity index (χ1n) is 10.6. The molecule has 4 rings (SSSR count). The van der Waals surface area contributed by atoms with E-state index in [1.165, 1.54) is 21.8 Å². The molecular formula is C21H26ClN3O5S2. The van der Waals surface area contributed by atoms with Crippen LogP contribution in [0.2, 0.25) is 4.34 Å². The molecule has 1 amide bonds. The van der Waals surface area contributed by atoms with Crippen LogP contribution in [0.3, 0.4) is 0 Å². The lowest BCUT2D eigenvalue weighted by molar-refractivity contribution is -0.118. The number of nitrogens with zero attached hydrogens (tertiary/aromatic N) is 2. The first-order valence-corrected chi connectivity index (χ1v) is 13.2. The van der Waals surface area contributed by atoms with E-state index in [0.717, 1.165) is 18.4 Å². The Kier molecular flexibility index (Phi) is 7.48. The molecular weight excluding hydrogens is 474 g/mol. The molecule has 32 heavy (non-hydrogen) atoms. The number of thiazole rings is 1. The Morgan fingerprint density at radius 3 is 2.59 bits per heavy atom. The Labute approximate surface area is 196 Å². The summed E-state index contributed by atoms with van der Waals surface area (Å²) >= 11 is 7.13. The summed E-state index contributed by atoms with van der Waals surface area (Å²) in [6.45, 7) is 1.77. The summed E-state index contributed by atoms with van der Waals surface area (Å²) < 4.78 is 32.9. The number of carbonyl (C=O) groups excluding carboxylic acids is 1. The summed E-state index contributed by atoms with van der Waals surface area (Å²) in [5, 5.41) is 13.0. The number of benzene rings is 1. The lowest BCUT2D eigenvalue weighted by atomic mass is 9.84. The number of aromatic nitrogens is 1. The fourth-order valence-electron chi connectivity index (χ4n) is 4.16. The van der Waals surface area contributed by atoms with Crippen LogP contribution in [0.1, 0.15) is 37.2 Å². The normalized spacial score (nSPS) is 21.5. The highest BCUT2D eigenvalue weighted by atomic mass is 35.5. The Morgan fingerprint density at radius 2 is 2.00 bits per heavy atom. The van der Waals surface area contributed by atoms with Crippen LogP contribution in [0.15, 0.2) is 35.4 Å². The van der Waals surface area contributed by atoms with Gasteiger partial charge in [0.25, 0.3) is 0 Å².